The quantitative estimate of drug-likeness (QED) is 0.613. The van der Waals surface area contributed by atoms with Crippen molar-refractivity contribution >= 4 is 34.8 Å². The average Bonchev–Trinajstić information content (AvgIpc) is 2.58. The lowest BCUT2D eigenvalue weighted by molar-refractivity contribution is -0.116. The number of fused-ring (bicyclic) bond motifs is 2. The lowest BCUT2D eigenvalue weighted by atomic mass is 9.87. The smallest absolute Gasteiger partial charge is 0.236 e. The van der Waals surface area contributed by atoms with Gasteiger partial charge in [0.2, 0.25) is 5.91 Å². The Morgan fingerprint density at radius 2 is 1.36 bits per heavy atom. The first-order chi connectivity index (χ1) is 12.1. The van der Waals surface area contributed by atoms with Crippen LogP contribution in [0.2, 0.25) is 10.0 Å². The van der Waals surface area contributed by atoms with E-state index in [1.807, 2.05) is 48.5 Å². The third-order valence-electron chi connectivity index (χ3n) is 4.07. The zero-order valence-electron chi connectivity index (χ0n) is 13.0. The second kappa shape index (κ2) is 6.43. The minimum atomic E-state index is -0.473. The van der Waals surface area contributed by atoms with E-state index in [0.29, 0.717) is 27.2 Å². The van der Waals surface area contributed by atoms with Crippen LogP contribution in [0.25, 0.3) is 0 Å². The summed E-state index contributed by atoms with van der Waals surface area (Å²) < 4.78 is 5.92. The first kappa shape index (κ1) is 16.0. The second-order valence-electron chi connectivity index (χ2n) is 5.76. The predicted octanol–water partition coefficient (Wildman–Crippen LogP) is 5.87. The number of ether oxygens (including phenoxy) is 1. The third-order valence-corrected chi connectivity index (χ3v) is 4.51. The minimum Gasteiger partial charge on any atom is -0.457 e. The number of carbonyl (C=O) groups excluding carboxylic acids is 1. The topological polar surface area (TPSA) is 38.3 Å². The van der Waals surface area contributed by atoms with E-state index in [1.165, 1.54) is 0 Å². The van der Waals surface area contributed by atoms with E-state index in [-0.39, 0.29) is 5.91 Å². The van der Waals surface area contributed by atoms with Gasteiger partial charge in [0, 0.05) is 26.9 Å². The van der Waals surface area contributed by atoms with Gasteiger partial charge in [-0.25, -0.2) is 0 Å². The molecule has 124 valence electrons. The van der Waals surface area contributed by atoms with E-state index in [0.717, 1.165) is 11.1 Å². The van der Waals surface area contributed by atoms with E-state index in [2.05, 4.69) is 5.32 Å². The van der Waals surface area contributed by atoms with Crippen molar-refractivity contribution in [3.8, 4) is 11.5 Å². The molecule has 0 spiro atoms. The highest BCUT2D eigenvalue weighted by molar-refractivity contribution is 6.35. The van der Waals surface area contributed by atoms with Gasteiger partial charge in [0.15, 0.2) is 0 Å². The standard InChI is InChI=1S/C20H13Cl2NO2/c21-12-9-13(22)11-14(10-12)23-20(24)19-15-5-1-3-7-17(15)25-18-8-4-2-6-16(18)19/h1-11,19H,(H,23,24). The summed E-state index contributed by atoms with van der Waals surface area (Å²) >= 11 is 12.1. The second-order valence-corrected chi connectivity index (χ2v) is 6.63. The number of anilines is 1. The van der Waals surface area contributed by atoms with Crippen molar-refractivity contribution in [3.63, 3.8) is 0 Å². The van der Waals surface area contributed by atoms with E-state index in [4.69, 9.17) is 27.9 Å². The molecular formula is C20H13Cl2NO2. The Balaban J connectivity index is 1.75. The minimum absolute atomic E-state index is 0.165. The van der Waals surface area contributed by atoms with Crippen molar-refractivity contribution in [1.29, 1.82) is 0 Å². The van der Waals surface area contributed by atoms with Crippen LogP contribution < -0.4 is 10.1 Å². The van der Waals surface area contributed by atoms with Gasteiger partial charge in [0.05, 0.1) is 5.92 Å². The predicted molar refractivity (Wildman–Crippen MR) is 99.9 cm³/mol. The van der Waals surface area contributed by atoms with Gasteiger partial charge in [-0.3, -0.25) is 4.79 Å². The molecule has 4 rings (SSSR count). The Hall–Kier alpha value is -2.49. The van der Waals surface area contributed by atoms with Gasteiger partial charge in [-0.15, -0.1) is 0 Å². The molecule has 1 N–H and O–H groups in total. The van der Waals surface area contributed by atoms with Crippen molar-refractivity contribution in [2.75, 3.05) is 5.32 Å². The highest BCUT2D eigenvalue weighted by Gasteiger charge is 2.32. The highest BCUT2D eigenvalue weighted by atomic mass is 35.5. The zero-order valence-corrected chi connectivity index (χ0v) is 14.5. The molecule has 0 atom stereocenters. The molecule has 1 aliphatic heterocycles. The maximum Gasteiger partial charge on any atom is 0.236 e. The van der Waals surface area contributed by atoms with Gasteiger partial charge in [-0.05, 0) is 30.3 Å². The van der Waals surface area contributed by atoms with Gasteiger partial charge >= 0.3 is 0 Å². The fourth-order valence-electron chi connectivity index (χ4n) is 3.03. The number of hydrogen-bond donors (Lipinski definition) is 1. The molecule has 1 aliphatic rings. The lowest BCUT2D eigenvalue weighted by Crippen LogP contribution is -2.25. The zero-order chi connectivity index (χ0) is 17.4. The maximum absolute atomic E-state index is 13.1. The van der Waals surface area contributed by atoms with E-state index >= 15 is 0 Å². The van der Waals surface area contributed by atoms with Crippen LogP contribution in [0.15, 0.2) is 66.7 Å². The number of carbonyl (C=O) groups is 1. The number of benzene rings is 3. The Kier molecular flexibility index (Phi) is 4.12. The van der Waals surface area contributed by atoms with Crippen LogP contribution >= 0.6 is 23.2 Å². The van der Waals surface area contributed by atoms with Crippen molar-refractivity contribution in [2.45, 2.75) is 5.92 Å². The van der Waals surface area contributed by atoms with Crippen LogP contribution in [0.5, 0.6) is 11.5 Å². The van der Waals surface area contributed by atoms with Gasteiger partial charge < -0.3 is 10.1 Å². The summed E-state index contributed by atoms with van der Waals surface area (Å²) in [5, 5.41) is 3.85. The molecule has 25 heavy (non-hydrogen) atoms. The monoisotopic (exact) mass is 369 g/mol. The summed E-state index contributed by atoms with van der Waals surface area (Å²) in [7, 11) is 0. The largest absolute Gasteiger partial charge is 0.457 e. The number of nitrogens with one attached hydrogen (secondary N) is 1. The molecule has 0 radical (unpaired) electrons. The molecule has 5 heteroatoms. The van der Waals surface area contributed by atoms with Crippen molar-refractivity contribution in [1.82, 2.24) is 0 Å². The van der Waals surface area contributed by atoms with Gasteiger partial charge in [0.25, 0.3) is 0 Å². The fourth-order valence-corrected chi connectivity index (χ4v) is 3.56. The first-order valence-electron chi connectivity index (χ1n) is 7.74. The van der Waals surface area contributed by atoms with Crippen LogP contribution in [0, 0.1) is 0 Å². The molecular weight excluding hydrogens is 357 g/mol. The Labute approximate surface area is 155 Å². The lowest BCUT2D eigenvalue weighted by Gasteiger charge is -2.27. The summed E-state index contributed by atoms with van der Waals surface area (Å²) in [5.41, 5.74) is 2.21. The molecule has 0 fully saturated rings. The fraction of sp³-hybridized carbons (Fsp3) is 0.0500. The molecule has 3 aromatic rings. The van der Waals surface area contributed by atoms with Crippen LogP contribution in [0.3, 0.4) is 0 Å². The third kappa shape index (κ3) is 3.09. The van der Waals surface area contributed by atoms with Crippen LogP contribution in [0.1, 0.15) is 17.0 Å². The SMILES string of the molecule is O=C(Nc1cc(Cl)cc(Cl)c1)C1c2ccccc2Oc2ccccc21. The number of hydrogen-bond acceptors (Lipinski definition) is 2. The molecule has 0 aliphatic carbocycles. The average molecular weight is 370 g/mol. The molecule has 1 heterocycles. The molecule has 0 bridgehead atoms. The van der Waals surface area contributed by atoms with Gasteiger partial charge in [-0.2, -0.15) is 0 Å². The van der Waals surface area contributed by atoms with Gasteiger partial charge in [-0.1, -0.05) is 59.6 Å². The Bertz CT molecular complexity index is 906. The molecule has 0 aromatic heterocycles. The molecule has 3 aromatic carbocycles. The van der Waals surface area contributed by atoms with E-state index in [9.17, 15) is 4.79 Å². The Morgan fingerprint density at radius 1 is 0.840 bits per heavy atom. The van der Waals surface area contributed by atoms with Crippen LogP contribution in [-0.4, -0.2) is 5.91 Å². The summed E-state index contributed by atoms with van der Waals surface area (Å²) in [6, 6.07) is 20.1. The maximum atomic E-state index is 13.1. The van der Waals surface area contributed by atoms with E-state index in [1.54, 1.807) is 18.2 Å². The number of halogens is 2. The van der Waals surface area contributed by atoms with Crippen molar-refractivity contribution < 1.29 is 9.53 Å². The number of rotatable bonds is 2. The van der Waals surface area contributed by atoms with Crippen molar-refractivity contribution in [2.24, 2.45) is 0 Å². The Morgan fingerprint density at radius 3 is 1.92 bits per heavy atom. The molecule has 0 unspecified atom stereocenters. The first-order valence-corrected chi connectivity index (χ1v) is 8.50. The molecule has 3 nitrogen and oxygen atoms in total. The van der Waals surface area contributed by atoms with Gasteiger partial charge in [0.1, 0.15) is 11.5 Å². The van der Waals surface area contributed by atoms with E-state index < -0.39 is 5.92 Å². The van der Waals surface area contributed by atoms with Crippen LogP contribution in [0.4, 0.5) is 5.69 Å². The van der Waals surface area contributed by atoms with Crippen molar-refractivity contribution in [3.05, 3.63) is 87.9 Å². The summed E-state index contributed by atoms with van der Waals surface area (Å²) in [4.78, 5) is 13.1. The highest BCUT2D eigenvalue weighted by Crippen LogP contribution is 2.44. The summed E-state index contributed by atoms with van der Waals surface area (Å²) in [6.45, 7) is 0. The number of para-hydroxylation sites is 2. The molecule has 0 saturated carbocycles. The number of amides is 1. The molecule has 0 saturated heterocycles. The summed E-state index contributed by atoms with van der Waals surface area (Å²) in [5.74, 6) is 0.733. The summed E-state index contributed by atoms with van der Waals surface area (Å²) in [6.07, 6.45) is 0. The van der Waals surface area contributed by atoms with Crippen LogP contribution in [-0.2, 0) is 4.79 Å². The molecule has 1 amide bonds. The normalized spacial score (nSPS) is 12.7.